The number of halogens is 3. The van der Waals surface area contributed by atoms with Crippen molar-refractivity contribution in [3.05, 3.63) is 58.6 Å². The predicted molar refractivity (Wildman–Crippen MR) is 86.6 cm³/mol. The van der Waals surface area contributed by atoms with Gasteiger partial charge in [-0.1, -0.05) is 11.6 Å². The molecular weight excluding hydrogens is 362 g/mol. The van der Waals surface area contributed by atoms with Crippen molar-refractivity contribution in [1.29, 1.82) is 0 Å². The van der Waals surface area contributed by atoms with Crippen molar-refractivity contribution in [2.24, 2.45) is 0 Å². The number of carbonyl (C=O) groups excluding carboxylic acids is 1. The highest BCUT2D eigenvalue weighted by molar-refractivity contribution is 7.89. The molecule has 2 rings (SSSR count). The van der Waals surface area contributed by atoms with Gasteiger partial charge in [0.05, 0.1) is 15.5 Å². The summed E-state index contributed by atoms with van der Waals surface area (Å²) in [4.78, 5) is 12.1. The van der Waals surface area contributed by atoms with Crippen LogP contribution in [0.15, 0.2) is 41.3 Å². The van der Waals surface area contributed by atoms with Crippen molar-refractivity contribution in [3.63, 3.8) is 0 Å². The molecular formula is C15H13ClF2N2O3S. The summed E-state index contributed by atoms with van der Waals surface area (Å²) in [6.07, 6.45) is 0. The molecule has 0 aliphatic carbocycles. The van der Waals surface area contributed by atoms with Crippen LogP contribution in [-0.4, -0.2) is 32.7 Å². The predicted octanol–water partition coefficient (Wildman–Crippen LogP) is 3.12. The van der Waals surface area contributed by atoms with Crippen molar-refractivity contribution >= 4 is 33.2 Å². The van der Waals surface area contributed by atoms with Gasteiger partial charge in [-0.25, -0.2) is 21.5 Å². The number of carbonyl (C=O) groups is 1. The fourth-order valence-electron chi connectivity index (χ4n) is 1.87. The zero-order valence-corrected chi connectivity index (χ0v) is 14.3. The van der Waals surface area contributed by atoms with E-state index in [9.17, 15) is 22.0 Å². The highest BCUT2D eigenvalue weighted by Gasteiger charge is 2.21. The maximum atomic E-state index is 13.2. The summed E-state index contributed by atoms with van der Waals surface area (Å²) in [7, 11) is -1.07. The zero-order valence-electron chi connectivity index (χ0n) is 12.7. The number of benzene rings is 2. The smallest absolute Gasteiger partial charge is 0.257 e. The number of hydrogen-bond acceptors (Lipinski definition) is 3. The SMILES string of the molecule is CN(C)S(=O)(=O)c1ccc(Cl)c(C(=O)Nc2cc(F)cc(F)c2)c1. The topological polar surface area (TPSA) is 66.5 Å². The molecule has 9 heteroatoms. The van der Waals surface area contributed by atoms with Crippen LogP contribution in [0.5, 0.6) is 0 Å². The first-order valence-electron chi connectivity index (χ1n) is 6.61. The van der Waals surface area contributed by atoms with Gasteiger partial charge in [0.2, 0.25) is 10.0 Å². The second kappa shape index (κ2) is 6.84. The Hall–Kier alpha value is -2.03. The van der Waals surface area contributed by atoms with Crippen LogP contribution in [0.3, 0.4) is 0 Å². The number of amides is 1. The van der Waals surface area contributed by atoms with E-state index in [1.807, 2.05) is 0 Å². The van der Waals surface area contributed by atoms with Gasteiger partial charge in [0, 0.05) is 25.8 Å². The lowest BCUT2D eigenvalue weighted by atomic mass is 10.2. The van der Waals surface area contributed by atoms with Gasteiger partial charge < -0.3 is 5.32 Å². The molecule has 0 atom stereocenters. The van der Waals surface area contributed by atoms with E-state index in [2.05, 4.69) is 5.32 Å². The van der Waals surface area contributed by atoms with E-state index in [0.717, 1.165) is 22.5 Å². The lowest BCUT2D eigenvalue weighted by Crippen LogP contribution is -2.23. The van der Waals surface area contributed by atoms with E-state index in [1.165, 1.54) is 26.2 Å². The lowest BCUT2D eigenvalue weighted by Gasteiger charge is -2.13. The Morgan fingerprint density at radius 1 is 1.08 bits per heavy atom. The fourth-order valence-corrected chi connectivity index (χ4v) is 3.01. The van der Waals surface area contributed by atoms with Crippen molar-refractivity contribution in [1.82, 2.24) is 4.31 Å². The molecule has 0 saturated carbocycles. The molecule has 128 valence electrons. The van der Waals surface area contributed by atoms with Crippen LogP contribution in [0, 0.1) is 11.6 Å². The summed E-state index contributed by atoms with van der Waals surface area (Å²) < 4.78 is 51.6. The first-order chi connectivity index (χ1) is 11.1. The monoisotopic (exact) mass is 374 g/mol. The molecule has 5 nitrogen and oxygen atoms in total. The molecule has 24 heavy (non-hydrogen) atoms. The molecule has 0 aliphatic heterocycles. The average molecular weight is 375 g/mol. The quantitative estimate of drug-likeness (QED) is 0.894. The second-order valence-corrected chi connectivity index (χ2v) is 7.60. The minimum absolute atomic E-state index is 0.00193. The Morgan fingerprint density at radius 2 is 1.67 bits per heavy atom. The molecule has 0 spiro atoms. The highest BCUT2D eigenvalue weighted by Crippen LogP contribution is 2.23. The molecule has 0 aliphatic rings. The number of hydrogen-bond donors (Lipinski definition) is 1. The third-order valence-corrected chi connectivity index (χ3v) is 5.22. The van der Waals surface area contributed by atoms with Gasteiger partial charge in [0.1, 0.15) is 11.6 Å². The summed E-state index contributed by atoms with van der Waals surface area (Å²) in [6, 6.07) is 6.13. The molecule has 1 amide bonds. The van der Waals surface area contributed by atoms with E-state index in [1.54, 1.807) is 0 Å². The van der Waals surface area contributed by atoms with Crippen molar-refractivity contribution in [2.45, 2.75) is 4.90 Å². The van der Waals surface area contributed by atoms with Crippen LogP contribution >= 0.6 is 11.6 Å². The Labute approximate surface area is 142 Å². The van der Waals surface area contributed by atoms with E-state index in [4.69, 9.17) is 11.6 Å². The molecule has 0 saturated heterocycles. The Balaban J connectivity index is 2.39. The number of nitrogens with zero attached hydrogens (tertiary/aromatic N) is 1. The molecule has 0 radical (unpaired) electrons. The summed E-state index contributed by atoms with van der Waals surface area (Å²) in [5, 5.41) is 2.28. The van der Waals surface area contributed by atoms with Crippen LogP contribution in [0.25, 0.3) is 0 Å². The summed E-state index contributed by atoms with van der Waals surface area (Å²) >= 11 is 5.93. The van der Waals surface area contributed by atoms with Gasteiger partial charge in [0.15, 0.2) is 0 Å². The van der Waals surface area contributed by atoms with Gasteiger partial charge in [-0.3, -0.25) is 4.79 Å². The number of nitrogens with one attached hydrogen (secondary N) is 1. The molecule has 0 unspecified atom stereocenters. The second-order valence-electron chi connectivity index (χ2n) is 5.04. The molecule has 0 aromatic heterocycles. The van der Waals surface area contributed by atoms with Gasteiger partial charge in [0.25, 0.3) is 5.91 Å². The molecule has 1 N–H and O–H groups in total. The number of sulfonamides is 1. The third kappa shape index (κ3) is 3.89. The highest BCUT2D eigenvalue weighted by atomic mass is 35.5. The van der Waals surface area contributed by atoms with Gasteiger partial charge in [-0.2, -0.15) is 0 Å². The third-order valence-electron chi connectivity index (χ3n) is 3.08. The molecule has 0 bridgehead atoms. The van der Waals surface area contributed by atoms with Gasteiger partial charge in [-0.15, -0.1) is 0 Å². The van der Waals surface area contributed by atoms with Crippen molar-refractivity contribution in [3.8, 4) is 0 Å². The van der Waals surface area contributed by atoms with E-state index >= 15 is 0 Å². The maximum absolute atomic E-state index is 13.2. The van der Waals surface area contributed by atoms with Crippen LogP contribution in [0.4, 0.5) is 14.5 Å². The van der Waals surface area contributed by atoms with Crippen LogP contribution in [-0.2, 0) is 10.0 Å². The fraction of sp³-hybridized carbons (Fsp3) is 0.133. The standard InChI is InChI=1S/C15H13ClF2N2O3S/c1-20(2)24(22,23)12-3-4-14(16)13(8-12)15(21)19-11-6-9(17)5-10(18)7-11/h3-8H,1-2H3,(H,19,21). The van der Waals surface area contributed by atoms with Gasteiger partial charge in [-0.05, 0) is 30.3 Å². The van der Waals surface area contributed by atoms with E-state index in [-0.39, 0.29) is 21.2 Å². The largest absolute Gasteiger partial charge is 0.322 e. The Kier molecular flexibility index (Phi) is 5.22. The van der Waals surface area contributed by atoms with E-state index < -0.39 is 27.6 Å². The first kappa shape index (κ1) is 18.3. The van der Waals surface area contributed by atoms with Gasteiger partial charge >= 0.3 is 0 Å². The molecule has 2 aromatic carbocycles. The summed E-state index contributed by atoms with van der Waals surface area (Å²) in [6.45, 7) is 0. The minimum Gasteiger partial charge on any atom is -0.322 e. The summed E-state index contributed by atoms with van der Waals surface area (Å²) in [5.74, 6) is -2.51. The maximum Gasteiger partial charge on any atom is 0.257 e. The van der Waals surface area contributed by atoms with Crippen molar-refractivity contribution < 1.29 is 22.0 Å². The van der Waals surface area contributed by atoms with Crippen LogP contribution in [0.2, 0.25) is 5.02 Å². The average Bonchev–Trinajstić information content (AvgIpc) is 2.45. The number of rotatable bonds is 4. The Morgan fingerprint density at radius 3 is 2.21 bits per heavy atom. The zero-order chi connectivity index (χ0) is 18.1. The Bertz CT molecular complexity index is 881. The van der Waals surface area contributed by atoms with Crippen molar-refractivity contribution in [2.75, 3.05) is 19.4 Å². The summed E-state index contributed by atoms with van der Waals surface area (Å²) in [5.41, 5.74) is -0.251. The normalized spacial score (nSPS) is 11.6. The molecule has 0 fully saturated rings. The number of anilines is 1. The minimum atomic E-state index is -3.76. The van der Waals surface area contributed by atoms with E-state index in [0.29, 0.717) is 6.07 Å². The van der Waals surface area contributed by atoms with Crippen LogP contribution < -0.4 is 5.32 Å². The van der Waals surface area contributed by atoms with Crippen LogP contribution in [0.1, 0.15) is 10.4 Å². The first-order valence-corrected chi connectivity index (χ1v) is 8.42. The molecule has 2 aromatic rings. The lowest BCUT2D eigenvalue weighted by molar-refractivity contribution is 0.102. The molecule has 0 heterocycles.